The Bertz CT molecular complexity index is 798. The summed E-state index contributed by atoms with van der Waals surface area (Å²) in [6.07, 6.45) is 3.61. The molecule has 0 saturated carbocycles. The van der Waals surface area contributed by atoms with Gasteiger partial charge in [0.25, 0.3) is 5.69 Å². The molecule has 6 heteroatoms. The van der Waals surface area contributed by atoms with Crippen LogP contribution in [0.5, 0.6) is 0 Å². The molecular formula is C17H16N4O2. The summed E-state index contributed by atoms with van der Waals surface area (Å²) < 4.78 is 1.78. The molecule has 1 atom stereocenters. The lowest BCUT2D eigenvalue weighted by Crippen LogP contribution is -2.08. The van der Waals surface area contributed by atoms with E-state index in [9.17, 15) is 10.1 Å². The van der Waals surface area contributed by atoms with E-state index in [1.165, 1.54) is 6.07 Å². The van der Waals surface area contributed by atoms with Crippen LogP contribution in [0.25, 0.3) is 5.69 Å². The summed E-state index contributed by atoms with van der Waals surface area (Å²) in [6, 6.07) is 16.4. The number of nitro groups is 1. The van der Waals surface area contributed by atoms with E-state index in [0.717, 1.165) is 11.3 Å². The molecule has 0 saturated heterocycles. The highest BCUT2D eigenvalue weighted by Crippen LogP contribution is 2.27. The maximum Gasteiger partial charge on any atom is 0.292 e. The maximum absolute atomic E-state index is 11.1. The predicted octanol–water partition coefficient (Wildman–Crippen LogP) is 3.95. The number of benzene rings is 2. The molecule has 1 aromatic heterocycles. The van der Waals surface area contributed by atoms with Gasteiger partial charge in [0.1, 0.15) is 5.69 Å². The van der Waals surface area contributed by atoms with Crippen LogP contribution >= 0.6 is 0 Å². The number of nitrogens with zero attached hydrogens (tertiary/aromatic N) is 3. The molecule has 116 valence electrons. The molecule has 0 bridgehead atoms. The molecule has 0 aliphatic carbocycles. The summed E-state index contributed by atoms with van der Waals surface area (Å²) in [5.74, 6) is 0. The molecule has 0 aliphatic rings. The molecule has 0 spiro atoms. The van der Waals surface area contributed by atoms with E-state index in [0.29, 0.717) is 5.69 Å². The summed E-state index contributed by atoms with van der Waals surface area (Å²) in [5.41, 5.74) is 2.60. The van der Waals surface area contributed by atoms with Crippen LogP contribution in [-0.4, -0.2) is 14.7 Å². The third-order valence-corrected chi connectivity index (χ3v) is 3.63. The van der Waals surface area contributed by atoms with Crippen molar-refractivity contribution < 1.29 is 4.92 Å². The average molecular weight is 308 g/mol. The summed E-state index contributed by atoms with van der Waals surface area (Å²) >= 11 is 0. The second-order valence-corrected chi connectivity index (χ2v) is 5.18. The van der Waals surface area contributed by atoms with Gasteiger partial charge in [-0.3, -0.25) is 10.1 Å². The van der Waals surface area contributed by atoms with Gasteiger partial charge in [-0.15, -0.1) is 0 Å². The van der Waals surface area contributed by atoms with Crippen LogP contribution in [0.1, 0.15) is 18.5 Å². The van der Waals surface area contributed by atoms with E-state index < -0.39 is 0 Å². The Hall–Kier alpha value is -3.15. The lowest BCUT2D eigenvalue weighted by atomic mass is 10.1. The molecule has 1 heterocycles. The Balaban J connectivity index is 1.79. The molecule has 0 amide bonds. The van der Waals surface area contributed by atoms with Gasteiger partial charge in [0, 0.05) is 24.5 Å². The molecule has 2 aromatic carbocycles. The minimum absolute atomic E-state index is 0.0530. The minimum Gasteiger partial charge on any atom is -0.373 e. The number of hydrogen-bond acceptors (Lipinski definition) is 4. The predicted molar refractivity (Wildman–Crippen MR) is 88.7 cm³/mol. The normalized spacial score (nSPS) is 11.9. The monoisotopic (exact) mass is 308 g/mol. The first-order valence-electron chi connectivity index (χ1n) is 7.25. The highest BCUT2D eigenvalue weighted by molar-refractivity contribution is 5.62. The number of rotatable bonds is 5. The van der Waals surface area contributed by atoms with Crippen molar-refractivity contribution in [3.8, 4) is 5.69 Å². The van der Waals surface area contributed by atoms with Crippen LogP contribution in [0.3, 0.4) is 0 Å². The van der Waals surface area contributed by atoms with Gasteiger partial charge in [-0.25, -0.2) is 4.68 Å². The first-order valence-corrected chi connectivity index (χ1v) is 7.25. The first kappa shape index (κ1) is 14.8. The van der Waals surface area contributed by atoms with Crippen molar-refractivity contribution in [3.63, 3.8) is 0 Å². The van der Waals surface area contributed by atoms with Crippen LogP contribution in [-0.2, 0) is 0 Å². The standard InChI is InChI=1S/C17H16N4O2/c1-13(19-16-5-2-3-6-17(16)21(22)23)14-7-9-15(10-8-14)20-12-4-11-18-20/h2-13,19H,1H3. The van der Waals surface area contributed by atoms with Gasteiger partial charge < -0.3 is 5.32 Å². The zero-order valence-electron chi connectivity index (χ0n) is 12.6. The Morgan fingerprint density at radius 2 is 1.87 bits per heavy atom. The fraction of sp³-hybridized carbons (Fsp3) is 0.118. The number of para-hydroxylation sites is 2. The summed E-state index contributed by atoms with van der Waals surface area (Å²) in [4.78, 5) is 10.7. The van der Waals surface area contributed by atoms with Crippen LogP contribution in [0.2, 0.25) is 0 Å². The molecule has 23 heavy (non-hydrogen) atoms. The van der Waals surface area contributed by atoms with Gasteiger partial charge >= 0.3 is 0 Å². The molecule has 0 fully saturated rings. The quantitative estimate of drug-likeness (QED) is 0.572. The number of anilines is 1. The fourth-order valence-electron chi connectivity index (χ4n) is 2.41. The highest BCUT2D eigenvalue weighted by atomic mass is 16.6. The van der Waals surface area contributed by atoms with Gasteiger partial charge in [0.15, 0.2) is 0 Å². The fourth-order valence-corrected chi connectivity index (χ4v) is 2.41. The summed E-state index contributed by atoms with van der Waals surface area (Å²) in [7, 11) is 0. The molecule has 6 nitrogen and oxygen atoms in total. The summed E-state index contributed by atoms with van der Waals surface area (Å²) in [5, 5.41) is 18.5. The first-order chi connectivity index (χ1) is 11.1. The Kier molecular flexibility index (Phi) is 4.05. The average Bonchev–Trinajstić information content (AvgIpc) is 3.10. The van der Waals surface area contributed by atoms with E-state index in [4.69, 9.17) is 0 Å². The molecule has 1 N–H and O–H groups in total. The third-order valence-electron chi connectivity index (χ3n) is 3.63. The van der Waals surface area contributed by atoms with Crippen molar-refractivity contribution >= 4 is 11.4 Å². The van der Waals surface area contributed by atoms with Gasteiger partial charge in [-0.2, -0.15) is 5.10 Å². The molecule has 3 aromatic rings. The number of nitro benzene ring substituents is 1. The largest absolute Gasteiger partial charge is 0.373 e. The molecule has 1 unspecified atom stereocenters. The topological polar surface area (TPSA) is 73.0 Å². The Labute approximate surface area is 133 Å². The minimum atomic E-state index is -0.379. The van der Waals surface area contributed by atoms with Crippen LogP contribution in [0.4, 0.5) is 11.4 Å². The van der Waals surface area contributed by atoms with Crippen molar-refractivity contribution in [1.29, 1.82) is 0 Å². The molecule has 3 rings (SSSR count). The van der Waals surface area contributed by atoms with Crippen LogP contribution in [0.15, 0.2) is 67.0 Å². The Morgan fingerprint density at radius 1 is 1.13 bits per heavy atom. The van der Waals surface area contributed by atoms with Crippen molar-refractivity contribution in [2.75, 3.05) is 5.32 Å². The SMILES string of the molecule is CC(Nc1ccccc1[N+](=O)[O-])c1ccc(-n2cccn2)cc1. The number of nitrogens with one attached hydrogen (secondary N) is 1. The smallest absolute Gasteiger partial charge is 0.292 e. The van der Waals surface area contributed by atoms with Gasteiger partial charge in [-0.1, -0.05) is 24.3 Å². The third kappa shape index (κ3) is 3.21. The molecule has 0 radical (unpaired) electrons. The maximum atomic E-state index is 11.1. The van der Waals surface area contributed by atoms with E-state index in [-0.39, 0.29) is 16.7 Å². The van der Waals surface area contributed by atoms with Crippen LogP contribution < -0.4 is 5.32 Å². The van der Waals surface area contributed by atoms with E-state index in [2.05, 4.69) is 10.4 Å². The number of aromatic nitrogens is 2. The van der Waals surface area contributed by atoms with E-state index in [1.54, 1.807) is 29.1 Å². The van der Waals surface area contributed by atoms with E-state index >= 15 is 0 Å². The lowest BCUT2D eigenvalue weighted by Gasteiger charge is -2.16. The number of hydrogen-bond donors (Lipinski definition) is 1. The lowest BCUT2D eigenvalue weighted by molar-refractivity contribution is -0.384. The van der Waals surface area contributed by atoms with Crippen LogP contribution in [0, 0.1) is 10.1 Å². The zero-order valence-corrected chi connectivity index (χ0v) is 12.6. The van der Waals surface area contributed by atoms with Crippen molar-refractivity contribution in [3.05, 3.63) is 82.7 Å². The second kappa shape index (κ2) is 6.31. The van der Waals surface area contributed by atoms with Gasteiger partial charge in [-0.05, 0) is 36.8 Å². The summed E-state index contributed by atoms with van der Waals surface area (Å²) in [6.45, 7) is 1.97. The Morgan fingerprint density at radius 3 is 2.52 bits per heavy atom. The van der Waals surface area contributed by atoms with Crippen molar-refractivity contribution in [2.45, 2.75) is 13.0 Å². The zero-order chi connectivity index (χ0) is 16.2. The van der Waals surface area contributed by atoms with Gasteiger partial charge in [0.2, 0.25) is 0 Å². The van der Waals surface area contributed by atoms with Gasteiger partial charge in [0.05, 0.1) is 10.6 Å². The van der Waals surface area contributed by atoms with E-state index in [1.807, 2.05) is 43.5 Å². The second-order valence-electron chi connectivity index (χ2n) is 5.18. The molecular weight excluding hydrogens is 292 g/mol. The van der Waals surface area contributed by atoms with Crippen molar-refractivity contribution in [2.24, 2.45) is 0 Å². The van der Waals surface area contributed by atoms with Crippen molar-refractivity contribution in [1.82, 2.24) is 9.78 Å². The highest BCUT2D eigenvalue weighted by Gasteiger charge is 2.15. The molecule has 0 aliphatic heterocycles.